The maximum Gasteiger partial charge on any atom is 0.317 e. The lowest BCUT2D eigenvalue weighted by molar-refractivity contribution is 0.0709. The molecule has 0 saturated carbocycles. The molecular formula is C17H25N3O5S. The third-order valence-electron chi connectivity index (χ3n) is 4.64. The molecule has 2 heterocycles. The highest BCUT2D eigenvalue weighted by Crippen LogP contribution is 2.30. The van der Waals surface area contributed by atoms with E-state index in [0.717, 1.165) is 0 Å². The van der Waals surface area contributed by atoms with Crippen molar-refractivity contribution in [2.75, 3.05) is 39.5 Å². The van der Waals surface area contributed by atoms with Crippen molar-refractivity contribution in [2.45, 2.75) is 25.0 Å². The van der Waals surface area contributed by atoms with E-state index in [4.69, 9.17) is 9.47 Å². The highest BCUT2D eigenvalue weighted by Gasteiger charge is 2.28. The zero-order valence-electron chi connectivity index (χ0n) is 15.1. The van der Waals surface area contributed by atoms with Gasteiger partial charge in [0.05, 0.1) is 12.8 Å². The van der Waals surface area contributed by atoms with Crippen LogP contribution in [0.2, 0.25) is 0 Å². The molecule has 9 heteroatoms. The SMILES string of the molecule is CN(CC1COc2ccccc2O1)C(=O)NC1CCN(S(C)(=O)=O)CC1. The van der Waals surface area contributed by atoms with Gasteiger partial charge in [0.15, 0.2) is 17.6 Å². The Hall–Kier alpha value is -2.00. The quantitative estimate of drug-likeness (QED) is 0.834. The smallest absolute Gasteiger partial charge is 0.317 e. The van der Waals surface area contributed by atoms with E-state index >= 15 is 0 Å². The van der Waals surface area contributed by atoms with Gasteiger partial charge in [0.1, 0.15) is 6.61 Å². The second kappa shape index (κ2) is 7.71. The standard InChI is InChI=1S/C17H25N3O5S/c1-19(11-14-12-24-15-5-3-4-6-16(15)25-14)17(21)18-13-7-9-20(10-8-13)26(2,22)23/h3-6,13-14H,7-12H2,1-2H3,(H,18,21). The molecule has 0 aliphatic carbocycles. The van der Waals surface area contributed by atoms with Crippen LogP contribution in [0.25, 0.3) is 0 Å². The van der Waals surface area contributed by atoms with Crippen LogP contribution in [0.5, 0.6) is 11.5 Å². The van der Waals surface area contributed by atoms with Crippen LogP contribution in [-0.2, 0) is 10.0 Å². The summed E-state index contributed by atoms with van der Waals surface area (Å²) < 4.78 is 36.1. The first-order valence-corrected chi connectivity index (χ1v) is 10.5. The van der Waals surface area contributed by atoms with Gasteiger partial charge in [-0.15, -0.1) is 0 Å². The number of nitrogens with zero attached hydrogens (tertiary/aromatic N) is 2. The summed E-state index contributed by atoms with van der Waals surface area (Å²) in [6.07, 6.45) is 2.21. The van der Waals surface area contributed by atoms with E-state index in [1.165, 1.54) is 10.6 Å². The Kier molecular flexibility index (Phi) is 5.57. The molecule has 26 heavy (non-hydrogen) atoms. The molecule has 1 atom stereocenters. The van der Waals surface area contributed by atoms with Crippen LogP contribution < -0.4 is 14.8 Å². The molecule has 2 amide bonds. The normalized spacial score (nSPS) is 21.2. The fourth-order valence-electron chi connectivity index (χ4n) is 3.16. The number of carbonyl (C=O) groups excluding carboxylic acids is 1. The summed E-state index contributed by atoms with van der Waals surface area (Å²) in [6, 6.07) is 7.25. The number of urea groups is 1. The Labute approximate surface area is 154 Å². The summed E-state index contributed by atoms with van der Waals surface area (Å²) in [5.74, 6) is 1.40. The van der Waals surface area contributed by atoms with E-state index < -0.39 is 10.0 Å². The second-order valence-corrected chi connectivity index (χ2v) is 8.75. The minimum absolute atomic E-state index is 0.0211. The van der Waals surface area contributed by atoms with Gasteiger partial charge in [-0.2, -0.15) is 0 Å². The second-order valence-electron chi connectivity index (χ2n) is 6.76. The number of para-hydroxylation sites is 2. The number of ether oxygens (including phenoxy) is 2. The number of sulfonamides is 1. The Balaban J connectivity index is 1.46. The molecule has 1 fully saturated rings. The summed E-state index contributed by atoms with van der Waals surface area (Å²) in [7, 11) is -1.44. The molecule has 144 valence electrons. The van der Waals surface area contributed by atoms with Gasteiger partial charge in [0.25, 0.3) is 0 Å². The molecule has 0 bridgehead atoms. The molecule has 0 spiro atoms. The minimum Gasteiger partial charge on any atom is -0.486 e. The fraction of sp³-hybridized carbons (Fsp3) is 0.588. The number of benzene rings is 1. The summed E-state index contributed by atoms with van der Waals surface area (Å²) >= 11 is 0. The first-order valence-electron chi connectivity index (χ1n) is 8.68. The summed E-state index contributed by atoms with van der Waals surface area (Å²) in [4.78, 5) is 14.0. The Morgan fingerprint density at radius 3 is 2.58 bits per heavy atom. The van der Waals surface area contributed by atoms with Crippen molar-refractivity contribution < 1.29 is 22.7 Å². The van der Waals surface area contributed by atoms with Crippen LogP contribution in [0.4, 0.5) is 4.79 Å². The van der Waals surface area contributed by atoms with Crippen LogP contribution in [-0.4, -0.2) is 75.3 Å². The monoisotopic (exact) mass is 383 g/mol. The molecule has 0 radical (unpaired) electrons. The van der Waals surface area contributed by atoms with E-state index in [1.54, 1.807) is 11.9 Å². The van der Waals surface area contributed by atoms with Crippen LogP contribution in [0.15, 0.2) is 24.3 Å². The molecule has 3 rings (SSSR count). The van der Waals surface area contributed by atoms with Gasteiger partial charge >= 0.3 is 6.03 Å². The lowest BCUT2D eigenvalue weighted by Crippen LogP contribution is -2.51. The number of hydrogen-bond acceptors (Lipinski definition) is 5. The van der Waals surface area contributed by atoms with Crippen LogP contribution in [0.3, 0.4) is 0 Å². The first-order chi connectivity index (χ1) is 12.3. The van der Waals surface area contributed by atoms with E-state index in [1.807, 2.05) is 24.3 Å². The highest BCUT2D eigenvalue weighted by atomic mass is 32.2. The van der Waals surface area contributed by atoms with E-state index in [9.17, 15) is 13.2 Å². The third kappa shape index (κ3) is 4.59. The zero-order chi connectivity index (χ0) is 18.7. The number of rotatable bonds is 4. The number of hydrogen-bond donors (Lipinski definition) is 1. The third-order valence-corrected chi connectivity index (χ3v) is 5.95. The zero-order valence-corrected chi connectivity index (χ0v) is 15.9. The lowest BCUT2D eigenvalue weighted by Gasteiger charge is -2.33. The van der Waals surface area contributed by atoms with Gasteiger partial charge < -0.3 is 19.7 Å². The minimum atomic E-state index is -3.16. The lowest BCUT2D eigenvalue weighted by atomic mass is 10.1. The largest absolute Gasteiger partial charge is 0.486 e. The molecule has 8 nitrogen and oxygen atoms in total. The Morgan fingerprint density at radius 1 is 1.27 bits per heavy atom. The predicted octanol–water partition coefficient (Wildman–Crippen LogP) is 0.892. The molecule has 2 aliphatic rings. The molecule has 2 aliphatic heterocycles. The number of likely N-dealkylation sites (N-methyl/N-ethyl adjacent to an activating group) is 1. The molecule has 1 aromatic carbocycles. The van der Waals surface area contributed by atoms with Crippen molar-refractivity contribution in [3.63, 3.8) is 0 Å². The average Bonchev–Trinajstić information content (AvgIpc) is 2.61. The van der Waals surface area contributed by atoms with Crippen LogP contribution in [0.1, 0.15) is 12.8 Å². The van der Waals surface area contributed by atoms with Gasteiger partial charge in [0.2, 0.25) is 10.0 Å². The van der Waals surface area contributed by atoms with Crippen molar-refractivity contribution in [1.29, 1.82) is 0 Å². The number of carbonyl (C=O) groups is 1. The van der Waals surface area contributed by atoms with Gasteiger partial charge in [-0.3, -0.25) is 0 Å². The average molecular weight is 383 g/mol. The summed E-state index contributed by atoms with van der Waals surface area (Å²) in [6.45, 7) is 1.66. The first kappa shape index (κ1) is 18.8. The van der Waals surface area contributed by atoms with Crippen molar-refractivity contribution in [3.8, 4) is 11.5 Å². The van der Waals surface area contributed by atoms with Gasteiger partial charge in [-0.05, 0) is 25.0 Å². The maximum atomic E-state index is 12.4. The van der Waals surface area contributed by atoms with Crippen molar-refractivity contribution in [3.05, 3.63) is 24.3 Å². The molecular weight excluding hydrogens is 358 g/mol. The molecule has 1 N–H and O–H groups in total. The molecule has 1 aromatic rings. The van der Waals surface area contributed by atoms with Gasteiger partial charge in [-0.25, -0.2) is 17.5 Å². The molecule has 1 saturated heterocycles. The number of amides is 2. The number of piperidine rings is 1. The number of nitrogens with one attached hydrogen (secondary N) is 1. The molecule has 1 unspecified atom stereocenters. The Bertz CT molecular complexity index is 747. The topological polar surface area (TPSA) is 88.2 Å². The van der Waals surface area contributed by atoms with Crippen molar-refractivity contribution in [2.24, 2.45) is 0 Å². The van der Waals surface area contributed by atoms with Gasteiger partial charge in [-0.1, -0.05) is 12.1 Å². The Morgan fingerprint density at radius 2 is 1.92 bits per heavy atom. The van der Waals surface area contributed by atoms with Crippen LogP contribution in [0, 0.1) is 0 Å². The van der Waals surface area contributed by atoms with Crippen LogP contribution >= 0.6 is 0 Å². The van der Waals surface area contributed by atoms with E-state index in [0.29, 0.717) is 50.6 Å². The van der Waals surface area contributed by atoms with E-state index in [2.05, 4.69) is 5.32 Å². The highest BCUT2D eigenvalue weighted by molar-refractivity contribution is 7.88. The maximum absolute atomic E-state index is 12.4. The van der Waals surface area contributed by atoms with Crippen molar-refractivity contribution >= 4 is 16.1 Å². The summed E-state index contributed by atoms with van der Waals surface area (Å²) in [5, 5.41) is 2.97. The van der Waals surface area contributed by atoms with Crippen molar-refractivity contribution in [1.82, 2.24) is 14.5 Å². The number of fused-ring (bicyclic) bond motifs is 1. The van der Waals surface area contributed by atoms with Gasteiger partial charge in [0, 0.05) is 26.2 Å². The predicted molar refractivity (Wildman–Crippen MR) is 97.0 cm³/mol. The molecule has 0 aromatic heterocycles. The summed E-state index contributed by atoms with van der Waals surface area (Å²) in [5.41, 5.74) is 0. The fourth-order valence-corrected chi connectivity index (χ4v) is 4.03. The van der Waals surface area contributed by atoms with E-state index in [-0.39, 0.29) is 18.2 Å².